The Balaban J connectivity index is 2.45. The van der Waals surface area contributed by atoms with Crippen LogP contribution in [0.5, 0.6) is 0 Å². The monoisotopic (exact) mass is 266 g/mol. The molecule has 0 saturated heterocycles. The van der Waals surface area contributed by atoms with Gasteiger partial charge in [0.15, 0.2) is 0 Å². The molecule has 0 aromatic carbocycles. The molecule has 2 rings (SSSR count). The summed E-state index contributed by atoms with van der Waals surface area (Å²) >= 11 is 6.25. The van der Waals surface area contributed by atoms with Gasteiger partial charge in [0, 0.05) is 0 Å². The van der Waals surface area contributed by atoms with Crippen LogP contribution in [-0.4, -0.2) is 14.5 Å². The third-order valence-electron chi connectivity index (χ3n) is 3.48. The van der Waals surface area contributed by atoms with Gasteiger partial charge >= 0.3 is 0 Å². The van der Waals surface area contributed by atoms with Crippen LogP contribution in [0.15, 0.2) is 24.7 Å². The van der Waals surface area contributed by atoms with E-state index in [0.29, 0.717) is 5.02 Å². The number of fused-ring (bicyclic) bond motifs is 1. The summed E-state index contributed by atoms with van der Waals surface area (Å²) in [4.78, 5) is 4.11. The summed E-state index contributed by atoms with van der Waals surface area (Å²) in [6.45, 7) is 4.24. The van der Waals surface area contributed by atoms with Gasteiger partial charge in [-0.1, -0.05) is 38.3 Å². The minimum absolute atomic E-state index is 0.237. The van der Waals surface area contributed by atoms with Crippen molar-refractivity contribution < 1.29 is 5.11 Å². The fraction of sp³-hybridized carbons (Fsp3) is 0.500. The van der Waals surface area contributed by atoms with Crippen LogP contribution in [0.25, 0.3) is 5.52 Å². The molecule has 2 heterocycles. The highest BCUT2D eigenvalue weighted by Gasteiger charge is 2.23. The Labute approximate surface area is 112 Å². The number of rotatable bonds is 5. The predicted molar refractivity (Wildman–Crippen MR) is 73.9 cm³/mol. The molecule has 0 aliphatic heterocycles. The van der Waals surface area contributed by atoms with Gasteiger partial charge < -0.3 is 5.11 Å². The van der Waals surface area contributed by atoms with E-state index in [9.17, 15) is 5.11 Å². The molecule has 0 bridgehead atoms. The molecule has 0 amide bonds. The lowest BCUT2D eigenvalue weighted by Gasteiger charge is -2.23. The molecule has 0 spiro atoms. The van der Waals surface area contributed by atoms with Crippen LogP contribution in [-0.2, 0) is 0 Å². The van der Waals surface area contributed by atoms with Crippen molar-refractivity contribution in [3.8, 4) is 0 Å². The van der Waals surface area contributed by atoms with Crippen molar-refractivity contribution in [2.24, 2.45) is 5.92 Å². The van der Waals surface area contributed by atoms with E-state index in [2.05, 4.69) is 18.8 Å². The third-order valence-corrected chi connectivity index (χ3v) is 3.80. The van der Waals surface area contributed by atoms with Gasteiger partial charge in [-0.2, -0.15) is 0 Å². The molecule has 3 nitrogen and oxygen atoms in total. The van der Waals surface area contributed by atoms with E-state index in [4.69, 9.17) is 11.6 Å². The maximum Gasteiger partial charge on any atom is 0.0995 e. The second-order valence-electron chi connectivity index (χ2n) is 4.66. The SMILES string of the molecule is CCCC(CC)C(O)c1c(Cl)ccc2cncn12. The molecule has 0 fully saturated rings. The topological polar surface area (TPSA) is 37.5 Å². The fourth-order valence-electron chi connectivity index (χ4n) is 2.45. The minimum Gasteiger partial charge on any atom is -0.387 e. The minimum atomic E-state index is -0.541. The maximum absolute atomic E-state index is 10.6. The first kappa shape index (κ1) is 13.4. The molecule has 98 valence electrons. The van der Waals surface area contributed by atoms with Crippen molar-refractivity contribution in [3.05, 3.63) is 35.4 Å². The van der Waals surface area contributed by atoms with Crippen molar-refractivity contribution in [2.75, 3.05) is 0 Å². The number of pyridine rings is 1. The van der Waals surface area contributed by atoms with Crippen molar-refractivity contribution in [3.63, 3.8) is 0 Å². The van der Waals surface area contributed by atoms with Crippen LogP contribution < -0.4 is 0 Å². The van der Waals surface area contributed by atoms with Crippen LogP contribution in [0, 0.1) is 5.92 Å². The molecular formula is C14H19ClN2O. The zero-order valence-corrected chi connectivity index (χ0v) is 11.6. The quantitative estimate of drug-likeness (QED) is 0.893. The van der Waals surface area contributed by atoms with E-state index in [1.165, 1.54) is 0 Å². The van der Waals surface area contributed by atoms with E-state index < -0.39 is 6.10 Å². The van der Waals surface area contributed by atoms with E-state index >= 15 is 0 Å². The first-order chi connectivity index (χ1) is 8.69. The summed E-state index contributed by atoms with van der Waals surface area (Å²) in [6, 6.07) is 3.74. The van der Waals surface area contributed by atoms with Crippen molar-refractivity contribution >= 4 is 17.1 Å². The molecule has 2 atom stereocenters. The lowest BCUT2D eigenvalue weighted by Crippen LogP contribution is -2.15. The number of aromatic nitrogens is 2. The zero-order chi connectivity index (χ0) is 13.1. The van der Waals surface area contributed by atoms with Crippen LogP contribution in [0.3, 0.4) is 0 Å². The molecule has 0 aliphatic rings. The number of nitrogens with zero attached hydrogens (tertiary/aromatic N) is 2. The normalized spacial score (nSPS) is 14.9. The molecule has 1 N–H and O–H groups in total. The lowest BCUT2D eigenvalue weighted by molar-refractivity contribution is 0.0948. The van der Waals surface area contributed by atoms with E-state index in [1.807, 2.05) is 16.5 Å². The fourth-order valence-corrected chi connectivity index (χ4v) is 2.72. The van der Waals surface area contributed by atoms with Crippen LogP contribution in [0.1, 0.15) is 44.9 Å². The van der Waals surface area contributed by atoms with E-state index in [1.54, 1.807) is 12.5 Å². The van der Waals surface area contributed by atoms with Crippen LogP contribution >= 0.6 is 11.6 Å². The van der Waals surface area contributed by atoms with Crippen molar-refractivity contribution in [1.29, 1.82) is 0 Å². The Morgan fingerprint density at radius 1 is 1.39 bits per heavy atom. The summed E-state index contributed by atoms with van der Waals surface area (Å²) in [5, 5.41) is 11.2. The Bertz CT molecular complexity index is 523. The van der Waals surface area contributed by atoms with Gasteiger partial charge in [-0.25, -0.2) is 4.98 Å². The number of hydrogen-bond acceptors (Lipinski definition) is 2. The highest BCUT2D eigenvalue weighted by atomic mass is 35.5. The summed E-state index contributed by atoms with van der Waals surface area (Å²) in [5.41, 5.74) is 1.71. The average Bonchev–Trinajstić information content (AvgIpc) is 2.83. The van der Waals surface area contributed by atoms with Crippen molar-refractivity contribution in [2.45, 2.75) is 39.2 Å². The van der Waals surface area contributed by atoms with Gasteiger partial charge in [0.05, 0.1) is 34.9 Å². The predicted octanol–water partition coefficient (Wildman–Crippen LogP) is 3.85. The summed E-state index contributed by atoms with van der Waals surface area (Å²) in [7, 11) is 0. The number of aliphatic hydroxyl groups excluding tert-OH is 1. The largest absolute Gasteiger partial charge is 0.387 e. The number of aliphatic hydroxyl groups is 1. The molecule has 0 aliphatic carbocycles. The molecular weight excluding hydrogens is 248 g/mol. The summed E-state index contributed by atoms with van der Waals surface area (Å²) in [5.74, 6) is 0.237. The standard InChI is InChI=1S/C14H19ClN2O/c1-3-5-10(4-2)14(18)13-12(15)7-6-11-8-16-9-17(11)13/h6-10,14,18H,3-5H2,1-2H3. The van der Waals surface area contributed by atoms with Crippen LogP contribution in [0.4, 0.5) is 0 Å². The van der Waals surface area contributed by atoms with E-state index in [0.717, 1.165) is 30.5 Å². The Hall–Kier alpha value is -1.06. The van der Waals surface area contributed by atoms with Crippen molar-refractivity contribution in [1.82, 2.24) is 9.38 Å². The second kappa shape index (κ2) is 5.72. The van der Waals surface area contributed by atoms with Crippen LogP contribution in [0.2, 0.25) is 5.02 Å². The molecule has 0 saturated carbocycles. The molecule has 4 heteroatoms. The molecule has 2 unspecified atom stereocenters. The Morgan fingerprint density at radius 3 is 2.83 bits per heavy atom. The second-order valence-corrected chi connectivity index (χ2v) is 5.06. The van der Waals surface area contributed by atoms with Gasteiger partial charge in [0.25, 0.3) is 0 Å². The first-order valence-corrected chi connectivity index (χ1v) is 6.85. The van der Waals surface area contributed by atoms with Gasteiger partial charge in [0.1, 0.15) is 0 Å². The molecule has 18 heavy (non-hydrogen) atoms. The van der Waals surface area contributed by atoms with Gasteiger partial charge in [0.2, 0.25) is 0 Å². The number of hydrogen-bond donors (Lipinski definition) is 1. The third kappa shape index (κ3) is 2.38. The van der Waals surface area contributed by atoms with Gasteiger partial charge in [-0.05, 0) is 24.5 Å². The van der Waals surface area contributed by atoms with Gasteiger partial charge in [-0.3, -0.25) is 4.40 Å². The molecule has 2 aromatic rings. The number of halogens is 1. The van der Waals surface area contributed by atoms with Gasteiger partial charge in [-0.15, -0.1) is 0 Å². The number of imidazole rings is 1. The Kier molecular flexibility index (Phi) is 4.25. The molecule has 2 aromatic heterocycles. The highest BCUT2D eigenvalue weighted by molar-refractivity contribution is 6.31. The summed E-state index contributed by atoms with van der Waals surface area (Å²) in [6.07, 6.45) is 5.94. The summed E-state index contributed by atoms with van der Waals surface area (Å²) < 4.78 is 1.88. The lowest BCUT2D eigenvalue weighted by atomic mass is 9.92. The first-order valence-electron chi connectivity index (χ1n) is 6.47. The smallest absolute Gasteiger partial charge is 0.0995 e. The Morgan fingerprint density at radius 2 is 2.17 bits per heavy atom. The highest BCUT2D eigenvalue weighted by Crippen LogP contribution is 2.33. The zero-order valence-electron chi connectivity index (χ0n) is 10.8. The maximum atomic E-state index is 10.6. The molecule has 0 radical (unpaired) electrons. The van der Waals surface area contributed by atoms with E-state index in [-0.39, 0.29) is 5.92 Å². The average molecular weight is 267 g/mol.